The van der Waals surface area contributed by atoms with Crippen LogP contribution < -0.4 is 4.90 Å². The van der Waals surface area contributed by atoms with E-state index in [4.69, 9.17) is 0 Å². The predicted octanol–water partition coefficient (Wildman–Crippen LogP) is 14.7. The van der Waals surface area contributed by atoms with Crippen LogP contribution in [-0.4, -0.2) is 0 Å². The first-order chi connectivity index (χ1) is 26.1. The lowest BCUT2D eigenvalue weighted by molar-refractivity contribution is 0.420. The molecule has 1 nitrogen and oxygen atoms in total. The predicted molar refractivity (Wildman–Crippen MR) is 224 cm³/mol. The third-order valence-electron chi connectivity index (χ3n) is 13.8. The number of hydrogen-bond acceptors (Lipinski definition) is 1. The molecule has 6 aromatic carbocycles. The number of benzene rings is 6. The highest BCUT2D eigenvalue weighted by Crippen LogP contribution is 2.58. The van der Waals surface area contributed by atoms with Crippen molar-refractivity contribution in [3.63, 3.8) is 0 Å². The van der Waals surface area contributed by atoms with Gasteiger partial charge in [0, 0.05) is 22.4 Å². The van der Waals surface area contributed by atoms with E-state index in [-0.39, 0.29) is 5.41 Å². The Morgan fingerprint density at radius 2 is 1.23 bits per heavy atom. The molecule has 2 bridgehead atoms. The van der Waals surface area contributed by atoms with E-state index in [1.807, 2.05) is 0 Å². The highest BCUT2D eigenvalue weighted by Gasteiger charge is 2.41. The number of anilines is 3. The molecule has 1 heteroatoms. The van der Waals surface area contributed by atoms with Gasteiger partial charge in [0.15, 0.2) is 0 Å². The molecule has 0 aliphatic heterocycles. The molecule has 0 heterocycles. The normalized spacial score (nSPS) is 21.4. The molecule has 3 saturated carbocycles. The van der Waals surface area contributed by atoms with Crippen molar-refractivity contribution in [2.45, 2.75) is 88.9 Å². The number of nitrogens with zero attached hydrogens (tertiary/aromatic N) is 1. The van der Waals surface area contributed by atoms with Gasteiger partial charge in [-0.1, -0.05) is 155 Å². The summed E-state index contributed by atoms with van der Waals surface area (Å²) < 4.78 is 0. The number of fused-ring (bicyclic) bond motifs is 5. The minimum absolute atomic E-state index is 0.179. The van der Waals surface area contributed by atoms with Crippen LogP contribution in [0.5, 0.6) is 0 Å². The van der Waals surface area contributed by atoms with Gasteiger partial charge in [0.2, 0.25) is 0 Å². The quantitative estimate of drug-likeness (QED) is 0.161. The highest BCUT2D eigenvalue weighted by molar-refractivity contribution is 6.01. The fourth-order valence-electron chi connectivity index (χ4n) is 11.3. The van der Waals surface area contributed by atoms with Crippen LogP contribution in [0.15, 0.2) is 140 Å². The zero-order valence-corrected chi connectivity index (χ0v) is 31.4. The van der Waals surface area contributed by atoms with Crippen LogP contribution in [0.25, 0.3) is 33.4 Å². The van der Waals surface area contributed by atoms with Crippen LogP contribution in [0, 0.1) is 11.8 Å². The van der Waals surface area contributed by atoms with Crippen molar-refractivity contribution in [3.05, 3.63) is 162 Å². The number of rotatable bonds is 7. The average molecular weight is 690 g/mol. The minimum Gasteiger partial charge on any atom is -0.310 e. The average Bonchev–Trinajstić information content (AvgIpc) is 3.92. The fourth-order valence-corrected chi connectivity index (χ4v) is 11.3. The molecular weight excluding hydrogens is 639 g/mol. The van der Waals surface area contributed by atoms with E-state index >= 15 is 0 Å². The van der Waals surface area contributed by atoms with E-state index < -0.39 is 0 Å². The van der Waals surface area contributed by atoms with Gasteiger partial charge < -0.3 is 4.90 Å². The molecule has 3 fully saturated rings. The summed E-state index contributed by atoms with van der Waals surface area (Å²) >= 11 is 0. The highest BCUT2D eigenvalue weighted by atomic mass is 15.1. The molecule has 53 heavy (non-hydrogen) atoms. The van der Waals surface area contributed by atoms with E-state index in [0.29, 0.717) is 5.92 Å². The third-order valence-corrected chi connectivity index (χ3v) is 13.8. The Bertz CT molecular complexity index is 2270. The van der Waals surface area contributed by atoms with Crippen molar-refractivity contribution < 1.29 is 0 Å². The Labute approximate surface area is 316 Å². The fraction of sp³-hybridized carbons (Fsp3) is 0.308. The molecule has 0 radical (unpaired) electrons. The molecule has 264 valence electrons. The third kappa shape index (κ3) is 5.50. The van der Waals surface area contributed by atoms with Gasteiger partial charge in [0.05, 0.1) is 5.69 Å². The monoisotopic (exact) mass is 689 g/mol. The van der Waals surface area contributed by atoms with Crippen LogP contribution in [0.3, 0.4) is 0 Å². The van der Waals surface area contributed by atoms with Crippen LogP contribution >= 0.6 is 0 Å². The smallest absolute Gasteiger partial charge is 0.0543 e. The molecule has 10 rings (SSSR count). The molecule has 6 aromatic rings. The molecule has 0 amide bonds. The van der Waals surface area contributed by atoms with Crippen LogP contribution in [0.4, 0.5) is 17.1 Å². The van der Waals surface area contributed by atoms with Gasteiger partial charge in [-0.05, 0) is 130 Å². The molecule has 4 aliphatic rings. The van der Waals surface area contributed by atoms with Crippen molar-refractivity contribution in [2.75, 3.05) is 4.90 Å². The SMILES string of the molecule is CC1(C)c2ccccc2-c2ccc(N(c3ccc(C4CC5CCC4C5)cc3)c3ccccc3C3CCCCC3)c(-c3ccccc3-c3ccccc3)c21. The van der Waals surface area contributed by atoms with Crippen LogP contribution in [0.1, 0.15) is 106 Å². The Morgan fingerprint density at radius 3 is 1.98 bits per heavy atom. The summed E-state index contributed by atoms with van der Waals surface area (Å²) in [6.45, 7) is 4.89. The second kappa shape index (κ2) is 13.2. The lowest BCUT2D eigenvalue weighted by Crippen LogP contribution is -2.20. The van der Waals surface area contributed by atoms with Crippen molar-refractivity contribution >= 4 is 17.1 Å². The van der Waals surface area contributed by atoms with E-state index in [0.717, 1.165) is 17.8 Å². The Morgan fingerprint density at radius 1 is 0.528 bits per heavy atom. The zero-order chi connectivity index (χ0) is 35.5. The van der Waals surface area contributed by atoms with Crippen LogP contribution in [0.2, 0.25) is 0 Å². The first-order valence-electron chi connectivity index (χ1n) is 20.5. The summed E-state index contributed by atoms with van der Waals surface area (Å²) in [6.07, 6.45) is 12.2. The first kappa shape index (κ1) is 32.7. The maximum atomic E-state index is 2.66. The summed E-state index contributed by atoms with van der Waals surface area (Å²) in [5.74, 6) is 3.11. The Balaban J connectivity index is 1.24. The second-order valence-corrected chi connectivity index (χ2v) is 17.1. The van der Waals surface area contributed by atoms with E-state index in [1.165, 1.54) is 125 Å². The second-order valence-electron chi connectivity index (χ2n) is 17.1. The molecule has 4 aliphatic carbocycles. The summed E-state index contributed by atoms with van der Waals surface area (Å²) in [5.41, 5.74) is 17.5. The molecule has 0 spiro atoms. The largest absolute Gasteiger partial charge is 0.310 e. The van der Waals surface area contributed by atoms with E-state index in [9.17, 15) is 0 Å². The molecule has 0 aromatic heterocycles. The molecule has 0 N–H and O–H groups in total. The van der Waals surface area contributed by atoms with E-state index in [1.54, 1.807) is 5.56 Å². The van der Waals surface area contributed by atoms with Crippen LogP contribution in [-0.2, 0) is 5.41 Å². The van der Waals surface area contributed by atoms with E-state index in [2.05, 4.69) is 158 Å². The lowest BCUT2D eigenvalue weighted by atomic mass is 9.77. The molecule has 0 saturated heterocycles. The van der Waals surface area contributed by atoms with Gasteiger partial charge >= 0.3 is 0 Å². The molecule has 3 unspecified atom stereocenters. The number of para-hydroxylation sites is 1. The zero-order valence-electron chi connectivity index (χ0n) is 31.4. The van der Waals surface area contributed by atoms with Crippen molar-refractivity contribution in [1.29, 1.82) is 0 Å². The maximum Gasteiger partial charge on any atom is 0.0543 e. The number of hydrogen-bond donors (Lipinski definition) is 0. The summed E-state index contributed by atoms with van der Waals surface area (Å²) in [6, 6.07) is 53.5. The lowest BCUT2D eigenvalue weighted by Gasteiger charge is -2.35. The maximum absolute atomic E-state index is 2.66. The minimum atomic E-state index is -0.179. The van der Waals surface area contributed by atoms with Gasteiger partial charge in [0.1, 0.15) is 0 Å². The van der Waals surface area contributed by atoms with Gasteiger partial charge in [-0.2, -0.15) is 0 Å². The van der Waals surface area contributed by atoms with Gasteiger partial charge in [-0.25, -0.2) is 0 Å². The summed E-state index contributed by atoms with van der Waals surface area (Å²) in [7, 11) is 0. The van der Waals surface area contributed by atoms with Crippen molar-refractivity contribution in [3.8, 4) is 33.4 Å². The van der Waals surface area contributed by atoms with Crippen molar-refractivity contribution in [2.24, 2.45) is 11.8 Å². The molecule has 3 atom stereocenters. The standard InChI is InChI=1S/C52H51N/c1-52(2)47-23-13-11-21-43(47)45-31-32-49(50(51(45)52)44-22-10-9-19-41(44)36-15-5-3-6-16-36)53(48-24-14-12-20-42(48)37-17-7-4-8-18-37)40-29-27-38(28-30-40)46-34-35-25-26-39(46)33-35/h3,5-6,9-16,19-24,27-32,35,37,39,46H,4,7-8,17-18,25-26,33-34H2,1-2H3. The molecular formula is C52H51N. The topological polar surface area (TPSA) is 3.24 Å². The Kier molecular flexibility index (Phi) is 8.16. The van der Waals surface area contributed by atoms with Gasteiger partial charge in [-0.3, -0.25) is 0 Å². The van der Waals surface area contributed by atoms with Gasteiger partial charge in [0.25, 0.3) is 0 Å². The summed E-state index contributed by atoms with van der Waals surface area (Å²) in [4.78, 5) is 2.66. The summed E-state index contributed by atoms with van der Waals surface area (Å²) in [5, 5.41) is 0. The Hall–Kier alpha value is -4.88. The van der Waals surface area contributed by atoms with Gasteiger partial charge in [-0.15, -0.1) is 0 Å². The van der Waals surface area contributed by atoms with Crippen molar-refractivity contribution in [1.82, 2.24) is 0 Å². The first-order valence-corrected chi connectivity index (χ1v) is 20.5.